The third-order valence-corrected chi connectivity index (χ3v) is 5.00. The highest BCUT2D eigenvalue weighted by Crippen LogP contribution is 2.39. The summed E-state index contributed by atoms with van der Waals surface area (Å²) < 4.78 is 39.6. The van der Waals surface area contributed by atoms with E-state index < -0.39 is 41.3 Å². The first-order chi connectivity index (χ1) is 14.6. The molecule has 2 amide bonds. The maximum atomic E-state index is 15.0. The Morgan fingerprint density at radius 1 is 1.10 bits per heavy atom. The molecular weight excluding hydrogens is 406 g/mol. The van der Waals surface area contributed by atoms with Gasteiger partial charge in [0.15, 0.2) is 0 Å². The van der Waals surface area contributed by atoms with Crippen LogP contribution in [0.25, 0.3) is 0 Å². The molecule has 0 aromatic heterocycles. The highest BCUT2D eigenvalue weighted by Gasteiger charge is 2.43. The zero-order valence-electron chi connectivity index (χ0n) is 17.7. The summed E-state index contributed by atoms with van der Waals surface area (Å²) in [5.74, 6) is -1.46. The zero-order chi connectivity index (χ0) is 22.8. The predicted molar refractivity (Wildman–Crippen MR) is 110 cm³/mol. The summed E-state index contributed by atoms with van der Waals surface area (Å²) in [7, 11) is 0. The Kier molecular flexibility index (Phi) is 6.48. The second kappa shape index (κ2) is 8.91. The van der Waals surface area contributed by atoms with Gasteiger partial charge in [0.25, 0.3) is 0 Å². The number of carbonyl (C=O) groups is 2. The van der Waals surface area contributed by atoms with Gasteiger partial charge in [-0.25, -0.2) is 13.6 Å². The molecule has 0 unspecified atom stereocenters. The smallest absolute Gasteiger partial charge is 0.411 e. The quantitative estimate of drug-likeness (QED) is 0.756. The molecule has 166 valence electrons. The number of hydrogen-bond donors (Lipinski definition) is 1. The van der Waals surface area contributed by atoms with Gasteiger partial charge in [-0.05, 0) is 45.7 Å². The van der Waals surface area contributed by atoms with Crippen LogP contribution in [0.3, 0.4) is 0 Å². The number of nitrogens with two attached hydrogens (primary N) is 1. The van der Waals surface area contributed by atoms with Crippen LogP contribution in [-0.4, -0.2) is 28.5 Å². The molecule has 1 heterocycles. The summed E-state index contributed by atoms with van der Waals surface area (Å²) in [6, 6.07) is 8.81. The molecule has 1 fully saturated rings. The van der Waals surface area contributed by atoms with Gasteiger partial charge in [-0.1, -0.05) is 24.3 Å². The van der Waals surface area contributed by atoms with Crippen molar-refractivity contribution in [3.63, 3.8) is 0 Å². The van der Waals surface area contributed by atoms with Crippen LogP contribution >= 0.6 is 0 Å². The molecule has 0 aliphatic carbocycles. The number of hydrogen-bond acceptors (Lipinski definition) is 4. The number of likely N-dealkylation sites (tertiary alicyclic amines) is 1. The second-order valence-corrected chi connectivity index (χ2v) is 8.46. The molecule has 31 heavy (non-hydrogen) atoms. The lowest BCUT2D eigenvalue weighted by Gasteiger charge is -2.31. The number of primary amides is 1. The molecule has 1 saturated heterocycles. The Bertz CT molecular complexity index is 974. The average Bonchev–Trinajstić information content (AvgIpc) is 3.11. The largest absolute Gasteiger partial charge is 0.489 e. The Morgan fingerprint density at radius 3 is 2.42 bits per heavy atom. The van der Waals surface area contributed by atoms with E-state index in [1.807, 2.05) is 0 Å². The Labute approximate surface area is 179 Å². The minimum Gasteiger partial charge on any atom is -0.489 e. The highest BCUT2D eigenvalue weighted by molar-refractivity contribution is 5.85. The third kappa shape index (κ3) is 5.31. The van der Waals surface area contributed by atoms with Crippen molar-refractivity contribution in [1.29, 1.82) is 0 Å². The summed E-state index contributed by atoms with van der Waals surface area (Å²) in [4.78, 5) is 25.8. The lowest BCUT2D eigenvalue weighted by molar-refractivity contribution is -0.122. The van der Waals surface area contributed by atoms with Crippen molar-refractivity contribution in [2.24, 2.45) is 5.73 Å². The van der Waals surface area contributed by atoms with Crippen molar-refractivity contribution < 1.29 is 27.8 Å². The van der Waals surface area contributed by atoms with Crippen molar-refractivity contribution in [2.45, 2.75) is 57.9 Å². The molecule has 0 radical (unpaired) electrons. The van der Waals surface area contributed by atoms with Gasteiger partial charge in [-0.2, -0.15) is 0 Å². The first kappa shape index (κ1) is 22.5. The molecule has 1 aliphatic rings. The van der Waals surface area contributed by atoms with E-state index in [1.165, 1.54) is 23.1 Å². The monoisotopic (exact) mass is 432 g/mol. The van der Waals surface area contributed by atoms with Gasteiger partial charge in [0.2, 0.25) is 5.91 Å². The highest BCUT2D eigenvalue weighted by atomic mass is 19.1. The predicted octanol–water partition coefficient (Wildman–Crippen LogP) is 4.47. The van der Waals surface area contributed by atoms with Gasteiger partial charge in [0.05, 0.1) is 6.04 Å². The van der Waals surface area contributed by atoms with Crippen LogP contribution < -0.4 is 10.5 Å². The molecule has 2 aromatic carbocycles. The van der Waals surface area contributed by atoms with E-state index >= 15 is 0 Å². The van der Waals surface area contributed by atoms with Crippen LogP contribution in [0, 0.1) is 11.6 Å². The van der Waals surface area contributed by atoms with E-state index in [0.717, 1.165) is 0 Å². The van der Waals surface area contributed by atoms with E-state index in [2.05, 4.69) is 0 Å². The fourth-order valence-corrected chi connectivity index (χ4v) is 3.61. The Balaban J connectivity index is 1.80. The van der Waals surface area contributed by atoms with Gasteiger partial charge in [0, 0.05) is 17.2 Å². The number of halogens is 2. The van der Waals surface area contributed by atoms with Gasteiger partial charge >= 0.3 is 6.09 Å². The number of rotatable bonds is 5. The molecule has 0 bridgehead atoms. The molecule has 2 atom stereocenters. The second-order valence-electron chi connectivity index (χ2n) is 8.46. The van der Waals surface area contributed by atoms with Crippen LogP contribution in [0.2, 0.25) is 0 Å². The lowest BCUT2D eigenvalue weighted by atomic mass is 10.0. The minimum atomic E-state index is -0.878. The summed E-state index contributed by atoms with van der Waals surface area (Å²) in [5, 5.41) is 0. The van der Waals surface area contributed by atoms with Crippen LogP contribution in [0.15, 0.2) is 42.5 Å². The first-order valence-electron chi connectivity index (χ1n) is 10.0. The van der Waals surface area contributed by atoms with Gasteiger partial charge in [0.1, 0.15) is 35.6 Å². The van der Waals surface area contributed by atoms with Crippen LogP contribution in [0.4, 0.5) is 13.6 Å². The van der Waals surface area contributed by atoms with Crippen molar-refractivity contribution >= 4 is 12.0 Å². The van der Waals surface area contributed by atoms with Crippen LogP contribution in [0.5, 0.6) is 5.75 Å². The van der Waals surface area contributed by atoms with Crippen molar-refractivity contribution in [1.82, 2.24) is 4.90 Å². The van der Waals surface area contributed by atoms with Crippen LogP contribution in [0.1, 0.15) is 50.8 Å². The normalized spacial score (nSPS) is 18.7. The molecule has 8 heteroatoms. The number of benzene rings is 2. The zero-order valence-corrected chi connectivity index (χ0v) is 17.7. The summed E-state index contributed by atoms with van der Waals surface area (Å²) in [5.41, 5.74) is 5.26. The standard InChI is InChI=1S/C23H26F2N2O4/c1-23(2,3)31-22(29)27-19(10-11-20(27)21(26)28)16-9-8-15(12-18(16)25)30-13-14-6-4-5-7-17(14)24/h4-9,12,19-20H,10-11,13H2,1-3H3,(H2,26,28)/t19-,20+/m1/s1. The summed E-state index contributed by atoms with van der Waals surface area (Å²) in [6.07, 6.45) is -0.0539. The maximum absolute atomic E-state index is 15.0. The molecule has 0 spiro atoms. The van der Waals surface area contributed by atoms with E-state index in [9.17, 15) is 18.4 Å². The van der Waals surface area contributed by atoms with Gasteiger partial charge < -0.3 is 15.2 Å². The van der Waals surface area contributed by atoms with E-state index in [-0.39, 0.29) is 17.9 Å². The van der Waals surface area contributed by atoms with E-state index in [0.29, 0.717) is 18.4 Å². The van der Waals surface area contributed by atoms with Crippen molar-refractivity contribution in [3.05, 3.63) is 65.2 Å². The number of ether oxygens (including phenoxy) is 2. The molecule has 2 N–H and O–H groups in total. The van der Waals surface area contributed by atoms with E-state index in [4.69, 9.17) is 15.2 Å². The molecule has 6 nitrogen and oxygen atoms in total. The molecule has 2 aromatic rings. The Morgan fingerprint density at radius 2 is 1.81 bits per heavy atom. The SMILES string of the molecule is CC(C)(C)OC(=O)N1[C@@H](c2ccc(OCc3ccccc3F)cc2F)CC[C@H]1C(N)=O. The first-order valence-corrected chi connectivity index (χ1v) is 10.0. The fourth-order valence-electron chi connectivity index (χ4n) is 3.61. The third-order valence-electron chi connectivity index (χ3n) is 5.00. The minimum absolute atomic E-state index is 0.0529. The maximum Gasteiger partial charge on any atom is 0.411 e. The summed E-state index contributed by atoms with van der Waals surface area (Å²) >= 11 is 0. The Hall–Kier alpha value is -3.16. The topological polar surface area (TPSA) is 81.9 Å². The van der Waals surface area contributed by atoms with Crippen LogP contribution in [-0.2, 0) is 16.1 Å². The van der Waals surface area contributed by atoms with Gasteiger partial charge in [-0.3, -0.25) is 9.69 Å². The van der Waals surface area contributed by atoms with Crippen molar-refractivity contribution in [2.75, 3.05) is 0 Å². The molecule has 3 rings (SSSR count). The number of amides is 2. The summed E-state index contributed by atoms with van der Waals surface area (Å²) in [6.45, 7) is 5.06. The number of carbonyl (C=O) groups excluding carboxylic acids is 2. The van der Waals surface area contributed by atoms with Crippen molar-refractivity contribution in [3.8, 4) is 5.75 Å². The molecule has 1 aliphatic heterocycles. The van der Waals surface area contributed by atoms with E-state index in [1.54, 1.807) is 45.0 Å². The number of nitrogens with zero attached hydrogens (tertiary/aromatic N) is 1. The fraction of sp³-hybridized carbons (Fsp3) is 0.391. The molecule has 0 saturated carbocycles. The average molecular weight is 432 g/mol. The molecular formula is C23H26F2N2O4. The van der Waals surface area contributed by atoms with Gasteiger partial charge in [-0.15, -0.1) is 0 Å². The lowest BCUT2D eigenvalue weighted by Crippen LogP contribution is -2.46.